The molecular weight excluding hydrogens is 436 g/mol. The largest absolute Gasteiger partial charge is 0.507 e. The number of aryl methyl sites for hydroxylation is 2. The highest BCUT2D eigenvalue weighted by molar-refractivity contribution is 6.51. The third-order valence-corrected chi connectivity index (χ3v) is 5.70. The average Bonchev–Trinajstić information content (AvgIpc) is 3.41. The summed E-state index contributed by atoms with van der Waals surface area (Å²) in [6.07, 6.45) is 1.44. The number of hydrogen-bond donors (Lipinski definition) is 2. The van der Waals surface area contributed by atoms with E-state index in [1.165, 1.54) is 18.1 Å². The molecule has 1 unspecified atom stereocenters. The van der Waals surface area contributed by atoms with E-state index in [1.54, 1.807) is 62.6 Å². The number of nitrogens with one attached hydrogen (secondary N) is 1. The van der Waals surface area contributed by atoms with Gasteiger partial charge in [0.05, 0.1) is 18.9 Å². The first-order valence-corrected chi connectivity index (χ1v) is 10.6. The van der Waals surface area contributed by atoms with Gasteiger partial charge in [0.15, 0.2) is 0 Å². The van der Waals surface area contributed by atoms with Crippen molar-refractivity contribution in [2.45, 2.75) is 26.8 Å². The molecule has 1 atom stereocenters. The maximum Gasteiger partial charge on any atom is 0.300 e. The first-order valence-electron chi connectivity index (χ1n) is 10.6. The molecule has 1 aromatic heterocycles. The van der Waals surface area contributed by atoms with Crippen LogP contribution in [0, 0.1) is 13.8 Å². The molecule has 2 N–H and O–H groups in total. The van der Waals surface area contributed by atoms with Crippen molar-refractivity contribution in [2.75, 3.05) is 17.3 Å². The lowest BCUT2D eigenvalue weighted by atomic mass is 9.95. The van der Waals surface area contributed by atoms with Crippen molar-refractivity contribution in [3.63, 3.8) is 0 Å². The molecule has 0 spiro atoms. The predicted molar refractivity (Wildman–Crippen MR) is 127 cm³/mol. The molecule has 174 valence electrons. The van der Waals surface area contributed by atoms with Gasteiger partial charge in [-0.05, 0) is 67.4 Å². The second-order valence-electron chi connectivity index (χ2n) is 8.05. The summed E-state index contributed by atoms with van der Waals surface area (Å²) in [6.45, 7) is 4.98. The Hall–Kier alpha value is -4.33. The smallest absolute Gasteiger partial charge is 0.300 e. The van der Waals surface area contributed by atoms with Crippen molar-refractivity contribution in [3.8, 4) is 5.75 Å². The third-order valence-electron chi connectivity index (χ3n) is 5.70. The maximum absolute atomic E-state index is 13.2. The summed E-state index contributed by atoms with van der Waals surface area (Å²) in [6, 6.07) is 12.3. The highest BCUT2D eigenvalue weighted by atomic mass is 16.5. The monoisotopic (exact) mass is 460 g/mol. The Balaban J connectivity index is 1.91. The fourth-order valence-electron chi connectivity index (χ4n) is 4.16. The van der Waals surface area contributed by atoms with Crippen molar-refractivity contribution in [2.24, 2.45) is 0 Å². The summed E-state index contributed by atoms with van der Waals surface area (Å²) < 4.78 is 10.9. The highest BCUT2D eigenvalue weighted by Gasteiger charge is 2.48. The van der Waals surface area contributed by atoms with Gasteiger partial charge in [-0.2, -0.15) is 0 Å². The van der Waals surface area contributed by atoms with Crippen LogP contribution in [0.5, 0.6) is 5.75 Å². The number of amides is 2. The van der Waals surface area contributed by atoms with E-state index in [4.69, 9.17) is 9.15 Å². The Morgan fingerprint density at radius 2 is 1.85 bits per heavy atom. The number of ether oxygens (including phenoxy) is 1. The molecule has 8 nitrogen and oxygen atoms in total. The van der Waals surface area contributed by atoms with E-state index in [1.807, 2.05) is 6.92 Å². The zero-order valence-corrected chi connectivity index (χ0v) is 19.2. The van der Waals surface area contributed by atoms with Crippen LogP contribution >= 0.6 is 0 Å². The van der Waals surface area contributed by atoms with E-state index < -0.39 is 17.7 Å². The topological polar surface area (TPSA) is 109 Å². The van der Waals surface area contributed by atoms with Crippen LogP contribution in [0.4, 0.5) is 11.4 Å². The highest BCUT2D eigenvalue weighted by Crippen LogP contribution is 2.43. The second kappa shape index (κ2) is 8.90. The number of rotatable bonds is 5. The van der Waals surface area contributed by atoms with Gasteiger partial charge in [0.1, 0.15) is 23.3 Å². The fourth-order valence-corrected chi connectivity index (χ4v) is 4.16. The van der Waals surface area contributed by atoms with Gasteiger partial charge < -0.3 is 19.6 Å². The number of Topliss-reactive ketones (excluding diaryl/α,β-unsaturated/α-hetero) is 1. The van der Waals surface area contributed by atoms with Crippen molar-refractivity contribution < 1.29 is 28.6 Å². The van der Waals surface area contributed by atoms with Crippen molar-refractivity contribution in [3.05, 3.63) is 82.8 Å². The minimum atomic E-state index is -0.996. The van der Waals surface area contributed by atoms with Gasteiger partial charge >= 0.3 is 0 Å². The quantitative estimate of drug-likeness (QED) is 0.330. The number of carbonyl (C=O) groups is 3. The molecule has 0 saturated carbocycles. The van der Waals surface area contributed by atoms with E-state index in [9.17, 15) is 19.5 Å². The van der Waals surface area contributed by atoms with Crippen LogP contribution in [0.15, 0.2) is 64.8 Å². The number of aliphatic hydroxyl groups is 1. The lowest BCUT2D eigenvalue weighted by molar-refractivity contribution is -0.132. The van der Waals surface area contributed by atoms with Crippen LogP contribution in [0.25, 0.3) is 5.76 Å². The normalized spacial score (nSPS) is 17.2. The number of hydrogen-bond acceptors (Lipinski definition) is 6. The summed E-state index contributed by atoms with van der Waals surface area (Å²) >= 11 is 0. The number of methoxy groups -OCH3 is 1. The van der Waals surface area contributed by atoms with Gasteiger partial charge in [-0.1, -0.05) is 6.07 Å². The van der Waals surface area contributed by atoms with Crippen molar-refractivity contribution in [1.82, 2.24) is 0 Å². The number of ketones is 1. The van der Waals surface area contributed by atoms with Crippen LogP contribution in [0.2, 0.25) is 0 Å². The molecule has 0 bridgehead atoms. The van der Waals surface area contributed by atoms with E-state index in [2.05, 4.69) is 5.32 Å². The van der Waals surface area contributed by atoms with Crippen LogP contribution in [0.3, 0.4) is 0 Å². The first-order chi connectivity index (χ1) is 16.2. The van der Waals surface area contributed by atoms with Gasteiger partial charge in [0.25, 0.3) is 11.7 Å². The number of carbonyl (C=O) groups excluding carboxylic acids is 3. The molecule has 34 heavy (non-hydrogen) atoms. The van der Waals surface area contributed by atoms with Crippen molar-refractivity contribution >= 4 is 34.7 Å². The maximum atomic E-state index is 13.2. The molecule has 2 aromatic carbocycles. The lowest BCUT2D eigenvalue weighted by Crippen LogP contribution is -2.29. The van der Waals surface area contributed by atoms with Crippen LogP contribution < -0.4 is 15.0 Å². The molecule has 1 fully saturated rings. The molecule has 1 aliphatic rings. The summed E-state index contributed by atoms with van der Waals surface area (Å²) in [5.41, 5.74) is 2.61. The molecule has 2 amide bonds. The molecule has 2 heterocycles. The van der Waals surface area contributed by atoms with E-state index >= 15 is 0 Å². The minimum absolute atomic E-state index is 0.0856. The van der Waals surface area contributed by atoms with Gasteiger partial charge in [0.2, 0.25) is 5.91 Å². The Bertz CT molecular complexity index is 1320. The summed E-state index contributed by atoms with van der Waals surface area (Å²) in [5, 5.41) is 14.0. The molecule has 1 saturated heterocycles. The van der Waals surface area contributed by atoms with Gasteiger partial charge in [-0.15, -0.1) is 0 Å². The molecule has 0 radical (unpaired) electrons. The Morgan fingerprint density at radius 3 is 2.50 bits per heavy atom. The lowest BCUT2D eigenvalue weighted by Gasteiger charge is -2.24. The standard InChI is InChI=1S/C26H24N2O6/c1-14-12-21(33-4)15(2)11-19(14)24(30)22-23(20-9-6-10-34-20)28(26(32)25(22)31)18-8-5-7-17(13-18)27-16(3)29/h5-13,23,30H,1-4H3,(H,27,29)/b24-22-. The van der Waals surface area contributed by atoms with Gasteiger partial charge in [-0.25, -0.2) is 0 Å². The Morgan fingerprint density at radius 1 is 1.09 bits per heavy atom. The summed E-state index contributed by atoms with van der Waals surface area (Å²) in [7, 11) is 1.55. The molecule has 1 aliphatic heterocycles. The molecular formula is C26H24N2O6. The number of benzene rings is 2. The zero-order valence-electron chi connectivity index (χ0n) is 19.2. The molecule has 0 aliphatic carbocycles. The number of nitrogens with zero attached hydrogens (tertiary/aromatic N) is 1. The Labute approximate surface area is 196 Å². The average molecular weight is 460 g/mol. The summed E-state index contributed by atoms with van der Waals surface area (Å²) in [4.78, 5) is 39.2. The second-order valence-corrected chi connectivity index (χ2v) is 8.05. The number of aliphatic hydroxyl groups excluding tert-OH is 1. The van der Waals surface area contributed by atoms with E-state index in [0.717, 1.165) is 5.56 Å². The molecule has 4 rings (SSSR count). The van der Waals surface area contributed by atoms with Crippen LogP contribution in [-0.4, -0.2) is 29.8 Å². The SMILES string of the molecule is COc1cc(C)c(/C(O)=C2/C(=O)C(=O)N(c3cccc(NC(C)=O)c3)C2c2ccco2)cc1C. The van der Waals surface area contributed by atoms with Gasteiger partial charge in [-0.3, -0.25) is 19.3 Å². The van der Waals surface area contributed by atoms with E-state index in [-0.39, 0.29) is 17.2 Å². The van der Waals surface area contributed by atoms with Crippen molar-refractivity contribution in [1.29, 1.82) is 0 Å². The predicted octanol–water partition coefficient (Wildman–Crippen LogP) is 4.49. The number of anilines is 2. The molecule has 3 aromatic rings. The Kier molecular flexibility index (Phi) is 5.98. The van der Waals surface area contributed by atoms with Gasteiger partial charge in [0, 0.05) is 23.9 Å². The first kappa shape index (κ1) is 22.8. The van der Waals surface area contributed by atoms with Crippen LogP contribution in [0.1, 0.15) is 35.4 Å². The molecule has 8 heteroatoms. The third kappa shape index (κ3) is 3.94. The zero-order chi connectivity index (χ0) is 24.6. The number of furan rings is 1. The summed E-state index contributed by atoms with van der Waals surface area (Å²) in [5.74, 6) is -1.27. The minimum Gasteiger partial charge on any atom is -0.507 e. The van der Waals surface area contributed by atoms with E-state index in [0.29, 0.717) is 34.0 Å². The van der Waals surface area contributed by atoms with Crippen LogP contribution in [-0.2, 0) is 14.4 Å². The fraction of sp³-hybridized carbons (Fsp3) is 0.192.